The number of terminal acetylenes is 1. The predicted octanol–water partition coefficient (Wildman–Crippen LogP) is 0.660. The highest BCUT2D eigenvalue weighted by atomic mass is 16.6. The molecule has 0 spiro atoms. The van der Waals surface area contributed by atoms with Crippen molar-refractivity contribution < 1.29 is 9.53 Å². The molecular formula is C7H9NO2. The molecule has 2 N–H and O–H groups in total. The Labute approximate surface area is 59.9 Å². The number of carbonyl (C=O) groups is 1. The summed E-state index contributed by atoms with van der Waals surface area (Å²) in [4.78, 5) is 10.1. The van der Waals surface area contributed by atoms with Crippen LogP contribution in [0.4, 0.5) is 4.79 Å². The Kier molecular flexibility index (Phi) is 3.81. The SMILES string of the molecule is C#CC(CC=C)OC(N)=O. The molecule has 54 valence electrons. The normalized spacial score (nSPS) is 11.1. The lowest BCUT2D eigenvalue weighted by Crippen LogP contribution is -2.20. The van der Waals surface area contributed by atoms with Gasteiger partial charge < -0.3 is 10.5 Å². The topological polar surface area (TPSA) is 52.3 Å². The van der Waals surface area contributed by atoms with Crippen molar-refractivity contribution in [3.8, 4) is 12.3 Å². The van der Waals surface area contributed by atoms with Gasteiger partial charge in [0.1, 0.15) is 0 Å². The fourth-order valence-corrected chi connectivity index (χ4v) is 0.442. The van der Waals surface area contributed by atoms with Crippen LogP contribution in [-0.2, 0) is 4.74 Å². The molecule has 0 bridgehead atoms. The van der Waals surface area contributed by atoms with Crippen LogP contribution in [0.25, 0.3) is 0 Å². The monoisotopic (exact) mass is 139 g/mol. The van der Waals surface area contributed by atoms with E-state index < -0.39 is 12.2 Å². The average Bonchev–Trinajstić information content (AvgIpc) is 1.86. The highest BCUT2D eigenvalue weighted by Gasteiger charge is 2.04. The van der Waals surface area contributed by atoms with Crippen LogP contribution in [0.15, 0.2) is 12.7 Å². The summed E-state index contributed by atoms with van der Waals surface area (Å²) in [7, 11) is 0. The van der Waals surface area contributed by atoms with Gasteiger partial charge in [0.25, 0.3) is 0 Å². The molecule has 0 aromatic rings. The summed E-state index contributed by atoms with van der Waals surface area (Å²) in [6.07, 6.45) is 5.54. The van der Waals surface area contributed by atoms with Gasteiger partial charge in [-0.15, -0.1) is 13.0 Å². The molecule has 0 aromatic heterocycles. The van der Waals surface area contributed by atoms with Crippen LogP contribution >= 0.6 is 0 Å². The van der Waals surface area contributed by atoms with Crippen molar-refractivity contribution in [1.29, 1.82) is 0 Å². The van der Waals surface area contributed by atoms with E-state index in [1.807, 2.05) is 0 Å². The van der Waals surface area contributed by atoms with Gasteiger partial charge in [-0.2, -0.15) is 0 Å². The third-order valence-corrected chi connectivity index (χ3v) is 0.825. The van der Waals surface area contributed by atoms with Crippen molar-refractivity contribution in [2.24, 2.45) is 5.73 Å². The molecule has 1 unspecified atom stereocenters. The molecule has 10 heavy (non-hydrogen) atoms. The van der Waals surface area contributed by atoms with Crippen molar-refractivity contribution in [3.05, 3.63) is 12.7 Å². The van der Waals surface area contributed by atoms with Gasteiger partial charge in [0, 0.05) is 6.42 Å². The second kappa shape index (κ2) is 4.45. The molecule has 0 aliphatic rings. The average molecular weight is 139 g/mol. The Balaban J connectivity index is 3.74. The largest absolute Gasteiger partial charge is 0.433 e. The van der Waals surface area contributed by atoms with Gasteiger partial charge in [-0.3, -0.25) is 0 Å². The van der Waals surface area contributed by atoms with E-state index in [0.717, 1.165) is 0 Å². The molecule has 1 atom stereocenters. The molecule has 0 rings (SSSR count). The van der Waals surface area contributed by atoms with E-state index in [1.54, 1.807) is 6.08 Å². The van der Waals surface area contributed by atoms with Crippen LogP contribution in [0.5, 0.6) is 0 Å². The number of amides is 1. The minimum absolute atomic E-state index is 0.430. The maximum absolute atomic E-state index is 10.1. The number of carbonyl (C=O) groups excluding carboxylic acids is 1. The molecule has 0 saturated heterocycles. The highest BCUT2D eigenvalue weighted by Crippen LogP contribution is 1.96. The predicted molar refractivity (Wildman–Crippen MR) is 38.1 cm³/mol. The molecule has 0 fully saturated rings. The Morgan fingerprint density at radius 2 is 2.60 bits per heavy atom. The number of hydrogen-bond donors (Lipinski definition) is 1. The van der Waals surface area contributed by atoms with Gasteiger partial charge in [0.2, 0.25) is 0 Å². The number of ether oxygens (including phenoxy) is 1. The summed E-state index contributed by atoms with van der Waals surface area (Å²) in [5.41, 5.74) is 4.71. The van der Waals surface area contributed by atoms with E-state index >= 15 is 0 Å². The zero-order chi connectivity index (χ0) is 7.98. The molecule has 0 aliphatic heterocycles. The van der Waals surface area contributed by atoms with Crippen LogP contribution in [0.3, 0.4) is 0 Å². The molecule has 1 amide bonds. The van der Waals surface area contributed by atoms with E-state index in [9.17, 15) is 4.79 Å². The van der Waals surface area contributed by atoms with Gasteiger partial charge in [0.15, 0.2) is 6.10 Å². The summed E-state index contributed by atoms with van der Waals surface area (Å²) in [6.45, 7) is 3.43. The zero-order valence-electron chi connectivity index (χ0n) is 5.54. The first-order valence-electron chi connectivity index (χ1n) is 2.73. The molecule has 3 heteroatoms. The third-order valence-electron chi connectivity index (χ3n) is 0.825. The van der Waals surface area contributed by atoms with Gasteiger partial charge in [0.05, 0.1) is 0 Å². The Hall–Kier alpha value is -1.43. The molecule has 0 aromatic carbocycles. The highest BCUT2D eigenvalue weighted by molar-refractivity contribution is 5.65. The van der Waals surface area contributed by atoms with Crippen LogP contribution in [-0.4, -0.2) is 12.2 Å². The summed E-state index contributed by atoms with van der Waals surface area (Å²) >= 11 is 0. The van der Waals surface area contributed by atoms with Crippen molar-refractivity contribution >= 4 is 6.09 Å². The summed E-state index contributed by atoms with van der Waals surface area (Å²) in [5, 5.41) is 0. The van der Waals surface area contributed by atoms with Crippen LogP contribution in [0.2, 0.25) is 0 Å². The van der Waals surface area contributed by atoms with Crippen LogP contribution < -0.4 is 5.73 Å². The fourth-order valence-electron chi connectivity index (χ4n) is 0.442. The van der Waals surface area contributed by atoms with E-state index in [0.29, 0.717) is 6.42 Å². The number of hydrogen-bond acceptors (Lipinski definition) is 2. The fraction of sp³-hybridized carbons (Fsp3) is 0.286. The van der Waals surface area contributed by atoms with Gasteiger partial charge in [-0.25, -0.2) is 4.79 Å². The van der Waals surface area contributed by atoms with Gasteiger partial charge >= 0.3 is 6.09 Å². The molecule has 0 heterocycles. The lowest BCUT2D eigenvalue weighted by atomic mass is 10.3. The van der Waals surface area contributed by atoms with Crippen molar-refractivity contribution in [2.45, 2.75) is 12.5 Å². The Bertz CT molecular complexity index is 169. The lowest BCUT2D eigenvalue weighted by Gasteiger charge is -2.05. The smallest absolute Gasteiger partial charge is 0.405 e. The first kappa shape index (κ1) is 8.57. The Morgan fingerprint density at radius 1 is 2.00 bits per heavy atom. The first-order chi connectivity index (χ1) is 4.70. The number of rotatable bonds is 3. The van der Waals surface area contributed by atoms with Crippen molar-refractivity contribution in [2.75, 3.05) is 0 Å². The van der Waals surface area contributed by atoms with Gasteiger partial charge in [-0.1, -0.05) is 12.0 Å². The maximum Gasteiger partial charge on any atom is 0.405 e. The summed E-state index contributed by atoms with van der Waals surface area (Å²) in [6, 6.07) is 0. The number of primary amides is 1. The van der Waals surface area contributed by atoms with E-state index in [1.165, 1.54) is 0 Å². The molecule has 0 aliphatic carbocycles. The van der Waals surface area contributed by atoms with E-state index in [-0.39, 0.29) is 0 Å². The van der Waals surface area contributed by atoms with Crippen LogP contribution in [0.1, 0.15) is 6.42 Å². The van der Waals surface area contributed by atoms with Crippen LogP contribution in [0, 0.1) is 12.3 Å². The van der Waals surface area contributed by atoms with Crippen molar-refractivity contribution in [1.82, 2.24) is 0 Å². The second-order valence-electron chi connectivity index (χ2n) is 1.62. The van der Waals surface area contributed by atoms with E-state index in [2.05, 4.69) is 17.2 Å². The third kappa shape index (κ3) is 3.56. The zero-order valence-corrected chi connectivity index (χ0v) is 5.54. The second-order valence-corrected chi connectivity index (χ2v) is 1.62. The first-order valence-corrected chi connectivity index (χ1v) is 2.73. The number of nitrogens with two attached hydrogens (primary N) is 1. The lowest BCUT2D eigenvalue weighted by molar-refractivity contribution is 0.134. The maximum atomic E-state index is 10.1. The quantitative estimate of drug-likeness (QED) is 0.461. The summed E-state index contributed by atoms with van der Waals surface area (Å²) in [5.74, 6) is 2.24. The standard InChI is InChI=1S/C7H9NO2/c1-3-5-6(4-2)10-7(8)9/h2-3,6H,1,5H2,(H2,8,9). The minimum atomic E-state index is -0.857. The molecule has 0 radical (unpaired) electrons. The molecular weight excluding hydrogens is 130 g/mol. The summed E-state index contributed by atoms with van der Waals surface area (Å²) < 4.78 is 4.47. The van der Waals surface area contributed by atoms with Crippen molar-refractivity contribution in [3.63, 3.8) is 0 Å². The van der Waals surface area contributed by atoms with Gasteiger partial charge in [-0.05, 0) is 0 Å². The minimum Gasteiger partial charge on any atom is -0.433 e. The molecule has 3 nitrogen and oxygen atoms in total. The molecule has 0 saturated carbocycles. The van der Waals surface area contributed by atoms with E-state index in [4.69, 9.17) is 12.2 Å². The Morgan fingerprint density at radius 3 is 2.90 bits per heavy atom.